The Bertz CT molecular complexity index is 499. The van der Waals surface area contributed by atoms with E-state index in [1.54, 1.807) is 0 Å². The first kappa shape index (κ1) is 12.0. The van der Waals surface area contributed by atoms with Gasteiger partial charge in [0.25, 0.3) is 0 Å². The number of halogens is 1. The van der Waals surface area contributed by atoms with Crippen molar-refractivity contribution in [1.29, 1.82) is 0 Å². The number of nitrogens with one attached hydrogen (secondary N) is 1. The van der Waals surface area contributed by atoms with Gasteiger partial charge in [0.1, 0.15) is 12.4 Å². The van der Waals surface area contributed by atoms with Crippen LogP contribution < -0.4 is 10.1 Å². The molecule has 2 aliphatic rings. The predicted octanol–water partition coefficient (Wildman–Crippen LogP) is 3.53. The van der Waals surface area contributed by atoms with E-state index in [4.69, 9.17) is 4.74 Å². The van der Waals surface area contributed by atoms with Crippen LogP contribution in [0.1, 0.15) is 18.4 Å². The van der Waals surface area contributed by atoms with Crippen molar-refractivity contribution >= 4 is 22.0 Å². The van der Waals surface area contributed by atoms with Crippen molar-refractivity contribution < 1.29 is 4.74 Å². The molecule has 0 unspecified atom stereocenters. The van der Waals surface area contributed by atoms with Crippen LogP contribution in [0.2, 0.25) is 0 Å². The van der Waals surface area contributed by atoms with Crippen LogP contribution in [0.25, 0.3) is 6.08 Å². The average molecular weight is 306 g/mol. The van der Waals surface area contributed by atoms with Crippen molar-refractivity contribution in [2.45, 2.75) is 18.9 Å². The minimum atomic E-state index is 0.606. The molecule has 0 spiro atoms. The highest BCUT2D eigenvalue weighted by atomic mass is 79.9. The molecule has 1 aromatic carbocycles. The lowest BCUT2D eigenvalue weighted by Crippen LogP contribution is -2.30. The van der Waals surface area contributed by atoms with Gasteiger partial charge in [0.15, 0.2) is 0 Å². The molecule has 2 nitrogen and oxygen atoms in total. The van der Waals surface area contributed by atoms with Crippen LogP contribution in [0, 0.1) is 0 Å². The summed E-state index contributed by atoms with van der Waals surface area (Å²) in [7, 11) is 0. The third-order valence-corrected chi connectivity index (χ3v) is 3.86. The molecule has 0 radical (unpaired) electrons. The molecule has 0 atom stereocenters. The highest BCUT2D eigenvalue weighted by molar-refractivity contribution is 9.10. The SMILES string of the molecule is Brc1ccc2c(c1)C=C(CNC1CC=CC1)CO2. The first-order valence-electron chi connectivity index (χ1n) is 6.31. The van der Waals surface area contributed by atoms with Gasteiger partial charge in [-0.25, -0.2) is 0 Å². The molecule has 3 rings (SSSR count). The van der Waals surface area contributed by atoms with E-state index in [-0.39, 0.29) is 0 Å². The van der Waals surface area contributed by atoms with Crippen LogP contribution in [-0.4, -0.2) is 19.2 Å². The Morgan fingerprint density at radius 2 is 2.11 bits per heavy atom. The van der Waals surface area contributed by atoms with Crippen molar-refractivity contribution in [2.24, 2.45) is 0 Å². The molecule has 1 heterocycles. The molecule has 94 valence electrons. The van der Waals surface area contributed by atoms with Crippen molar-refractivity contribution in [3.05, 3.63) is 46.0 Å². The van der Waals surface area contributed by atoms with Gasteiger partial charge in [-0.1, -0.05) is 28.1 Å². The fraction of sp³-hybridized carbons (Fsp3) is 0.333. The molecule has 18 heavy (non-hydrogen) atoms. The number of ether oxygens (including phenoxy) is 1. The Morgan fingerprint density at radius 1 is 1.28 bits per heavy atom. The van der Waals surface area contributed by atoms with Gasteiger partial charge < -0.3 is 10.1 Å². The molecule has 1 aromatic rings. The minimum absolute atomic E-state index is 0.606. The summed E-state index contributed by atoms with van der Waals surface area (Å²) in [5, 5.41) is 3.57. The topological polar surface area (TPSA) is 21.3 Å². The monoisotopic (exact) mass is 305 g/mol. The molecule has 0 bridgehead atoms. The van der Waals surface area contributed by atoms with E-state index >= 15 is 0 Å². The van der Waals surface area contributed by atoms with Gasteiger partial charge in [0.05, 0.1) is 0 Å². The maximum Gasteiger partial charge on any atom is 0.127 e. The standard InChI is InChI=1S/C15H16BrNO/c16-13-5-6-15-12(8-13)7-11(10-18-15)9-17-14-3-1-2-4-14/h1-2,5-8,14,17H,3-4,9-10H2. The molecule has 1 N–H and O–H groups in total. The number of fused-ring (bicyclic) bond motifs is 1. The first-order chi connectivity index (χ1) is 8.81. The molecule has 3 heteroatoms. The van der Waals surface area contributed by atoms with Crippen molar-refractivity contribution in [2.75, 3.05) is 13.2 Å². The number of rotatable bonds is 3. The van der Waals surface area contributed by atoms with Gasteiger partial charge in [-0.2, -0.15) is 0 Å². The van der Waals surface area contributed by atoms with Crippen LogP contribution in [0.15, 0.2) is 40.4 Å². The second-order valence-electron chi connectivity index (χ2n) is 4.79. The summed E-state index contributed by atoms with van der Waals surface area (Å²) in [6.45, 7) is 1.61. The molecular weight excluding hydrogens is 290 g/mol. The zero-order valence-electron chi connectivity index (χ0n) is 10.2. The van der Waals surface area contributed by atoms with Crippen LogP contribution in [-0.2, 0) is 0 Å². The normalized spacial score (nSPS) is 18.4. The second kappa shape index (κ2) is 5.29. The van der Waals surface area contributed by atoms with Gasteiger partial charge in [0, 0.05) is 22.6 Å². The largest absolute Gasteiger partial charge is 0.489 e. The van der Waals surface area contributed by atoms with Gasteiger partial charge >= 0.3 is 0 Å². The quantitative estimate of drug-likeness (QED) is 0.863. The Morgan fingerprint density at radius 3 is 2.94 bits per heavy atom. The van der Waals surface area contributed by atoms with Gasteiger partial charge in [-0.05, 0) is 42.7 Å². The van der Waals surface area contributed by atoms with Crippen molar-refractivity contribution in [3.8, 4) is 5.75 Å². The Kier molecular flexibility index (Phi) is 3.52. The zero-order chi connectivity index (χ0) is 12.4. The van der Waals surface area contributed by atoms with E-state index in [9.17, 15) is 0 Å². The highest BCUT2D eigenvalue weighted by Gasteiger charge is 2.14. The van der Waals surface area contributed by atoms with Gasteiger partial charge in [0.2, 0.25) is 0 Å². The summed E-state index contributed by atoms with van der Waals surface area (Å²) in [6.07, 6.45) is 9.02. The van der Waals surface area contributed by atoms with Gasteiger partial charge in [-0.3, -0.25) is 0 Å². The predicted molar refractivity (Wildman–Crippen MR) is 77.8 cm³/mol. The lowest BCUT2D eigenvalue weighted by Gasteiger charge is -2.20. The molecule has 0 amide bonds. The summed E-state index contributed by atoms with van der Waals surface area (Å²) < 4.78 is 6.85. The maximum atomic E-state index is 5.76. The van der Waals surface area contributed by atoms with Crippen molar-refractivity contribution in [1.82, 2.24) is 5.32 Å². The Balaban J connectivity index is 1.67. The van der Waals surface area contributed by atoms with E-state index in [0.717, 1.165) is 35.2 Å². The fourth-order valence-corrected chi connectivity index (χ4v) is 2.74. The van der Waals surface area contributed by atoms with Crippen LogP contribution in [0.4, 0.5) is 0 Å². The molecule has 1 aliphatic heterocycles. The summed E-state index contributed by atoms with van der Waals surface area (Å²) in [5.74, 6) is 0.976. The Hall–Kier alpha value is -1.06. The summed E-state index contributed by atoms with van der Waals surface area (Å²) in [4.78, 5) is 0. The molecule has 0 saturated heterocycles. The lowest BCUT2D eigenvalue weighted by molar-refractivity contribution is 0.341. The number of benzene rings is 1. The van der Waals surface area contributed by atoms with E-state index in [1.165, 1.54) is 5.57 Å². The minimum Gasteiger partial charge on any atom is -0.489 e. The number of hydrogen-bond acceptors (Lipinski definition) is 2. The zero-order valence-corrected chi connectivity index (χ0v) is 11.7. The third kappa shape index (κ3) is 2.68. The molecule has 1 aliphatic carbocycles. The fourth-order valence-electron chi connectivity index (χ4n) is 2.36. The lowest BCUT2D eigenvalue weighted by atomic mass is 10.1. The van der Waals surface area contributed by atoms with E-state index in [2.05, 4.69) is 45.5 Å². The Labute approximate surface area is 116 Å². The maximum absolute atomic E-state index is 5.76. The smallest absolute Gasteiger partial charge is 0.127 e. The van der Waals surface area contributed by atoms with Gasteiger partial charge in [-0.15, -0.1) is 0 Å². The van der Waals surface area contributed by atoms with Crippen molar-refractivity contribution in [3.63, 3.8) is 0 Å². The van der Waals surface area contributed by atoms with Crippen LogP contribution >= 0.6 is 15.9 Å². The van der Waals surface area contributed by atoms with E-state index < -0.39 is 0 Å². The van der Waals surface area contributed by atoms with Crippen LogP contribution in [0.5, 0.6) is 5.75 Å². The summed E-state index contributed by atoms with van der Waals surface area (Å²) >= 11 is 3.49. The molecule has 0 aromatic heterocycles. The van der Waals surface area contributed by atoms with E-state index in [1.807, 2.05) is 12.1 Å². The summed E-state index contributed by atoms with van der Waals surface area (Å²) in [6, 6.07) is 6.74. The summed E-state index contributed by atoms with van der Waals surface area (Å²) in [5.41, 5.74) is 2.48. The molecular formula is C15H16BrNO. The average Bonchev–Trinajstić information content (AvgIpc) is 2.89. The molecule has 0 saturated carbocycles. The van der Waals surface area contributed by atoms with Crippen LogP contribution in [0.3, 0.4) is 0 Å². The first-order valence-corrected chi connectivity index (χ1v) is 7.11. The van der Waals surface area contributed by atoms with E-state index in [0.29, 0.717) is 12.6 Å². The second-order valence-corrected chi connectivity index (χ2v) is 5.71. The number of hydrogen-bond donors (Lipinski definition) is 1. The third-order valence-electron chi connectivity index (χ3n) is 3.37. The molecule has 0 fully saturated rings. The highest BCUT2D eigenvalue weighted by Crippen LogP contribution is 2.29.